The number of hydrogen-bond donors (Lipinski definition) is 0. The van der Waals surface area contributed by atoms with Gasteiger partial charge in [0.05, 0.1) is 25.3 Å². The summed E-state index contributed by atoms with van der Waals surface area (Å²) in [5.41, 5.74) is 0.961. The van der Waals surface area contributed by atoms with E-state index in [0.29, 0.717) is 18.9 Å². The smallest absolute Gasteiger partial charge is 0.305 e. The zero-order chi connectivity index (χ0) is 14.4. The fourth-order valence-corrected chi connectivity index (χ4v) is 2.62. The number of Topliss-reactive ketones (excluding diaryl/α,β-unsaturated/α-hetero) is 1. The number of aryl methyl sites for hydroxylation is 1. The minimum atomic E-state index is -0.330. The Bertz CT molecular complexity index is 461. The van der Waals surface area contributed by atoms with E-state index in [9.17, 15) is 9.59 Å². The van der Waals surface area contributed by atoms with E-state index in [0.717, 1.165) is 5.69 Å². The molecule has 1 fully saturated rings. The van der Waals surface area contributed by atoms with Crippen LogP contribution >= 0.6 is 0 Å². The summed E-state index contributed by atoms with van der Waals surface area (Å²) >= 11 is 0. The standard InChI is InChI=1S/C15H22N2O3/c1-20-15(19)9-8-14(18)7-6-12-10-11-17(16-12)13-4-2-3-5-13/h10-11,13H,2-9H2,1H3. The highest BCUT2D eigenvalue weighted by Gasteiger charge is 2.17. The third-order valence-electron chi connectivity index (χ3n) is 3.86. The molecule has 0 spiro atoms. The molecule has 1 aliphatic carbocycles. The molecule has 1 saturated carbocycles. The minimum absolute atomic E-state index is 0.0887. The van der Waals surface area contributed by atoms with Crippen LogP contribution in [0.15, 0.2) is 12.3 Å². The molecule has 20 heavy (non-hydrogen) atoms. The van der Waals surface area contributed by atoms with Crippen LogP contribution < -0.4 is 0 Å². The second-order valence-corrected chi connectivity index (χ2v) is 5.34. The van der Waals surface area contributed by atoms with Gasteiger partial charge in [-0.05, 0) is 25.3 Å². The Morgan fingerprint density at radius 1 is 1.30 bits per heavy atom. The van der Waals surface area contributed by atoms with Crippen LogP contribution in [0.3, 0.4) is 0 Å². The number of hydrogen-bond acceptors (Lipinski definition) is 4. The molecule has 1 aliphatic rings. The largest absolute Gasteiger partial charge is 0.469 e. The predicted octanol–water partition coefficient (Wildman–Crippen LogP) is 2.45. The Kier molecular flexibility index (Phi) is 5.32. The molecule has 0 N–H and O–H groups in total. The van der Waals surface area contributed by atoms with Crippen LogP contribution in [0.25, 0.3) is 0 Å². The molecule has 1 heterocycles. The van der Waals surface area contributed by atoms with E-state index in [1.807, 2.05) is 16.9 Å². The molecule has 1 aromatic rings. The second kappa shape index (κ2) is 7.22. The molecule has 0 atom stereocenters. The van der Waals surface area contributed by atoms with Gasteiger partial charge in [-0.15, -0.1) is 0 Å². The van der Waals surface area contributed by atoms with Gasteiger partial charge in [0.2, 0.25) is 0 Å². The number of esters is 1. The van der Waals surface area contributed by atoms with Crippen molar-refractivity contribution in [3.63, 3.8) is 0 Å². The number of methoxy groups -OCH3 is 1. The van der Waals surface area contributed by atoms with Crippen LogP contribution in [0, 0.1) is 0 Å². The maximum absolute atomic E-state index is 11.7. The fourth-order valence-electron chi connectivity index (χ4n) is 2.62. The zero-order valence-electron chi connectivity index (χ0n) is 12.0. The monoisotopic (exact) mass is 278 g/mol. The Hall–Kier alpha value is -1.65. The van der Waals surface area contributed by atoms with E-state index in [4.69, 9.17) is 0 Å². The first-order chi connectivity index (χ1) is 9.69. The number of nitrogens with zero attached hydrogens (tertiary/aromatic N) is 2. The summed E-state index contributed by atoms with van der Waals surface area (Å²) in [5, 5.41) is 4.55. The molecule has 1 aromatic heterocycles. The molecule has 0 unspecified atom stereocenters. The van der Waals surface area contributed by atoms with Crippen molar-refractivity contribution in [2.24, 2.45) is 0 Å². The van der Waals surface area contributed by atoms with Crippen LogP contribution in [0.5, 0.6) is 0 Å². The maximum atomic E-state index is 11.7. The van der Waals surface area contributed by atoms with Gasteiger partial charge in [0.25, 0.3) is 0 Å². The van der Waals surface area contributed by atoms with Crippen LogP contribution in [-0.2, 0) is 20.7 Å². The van der Waals surface area contributed by atoms with Crippen LogP contribution in [0.2, 0.25) is 0 Å². The first-order valence-electron chi connectivity index (χ1n) is 7.31. The number of aromatic nitrogens is 2. The molecule has 0 aromatic carbocycles. The lowest BCUT2D eigenvalue weighted by Gasteiger charge is -2.08. The third kappa shape index (κ3) is 4.18. The summed E-state index contributed by atoms with van der Waals surface area (Å²) in [5.74, 6) is -0.241. The maximum Gasteiger partial charge on any atom is 0.305 e. The van der Waals surface area contributed by atoms with Crippen molar-refractivity contribution >= 4 is 11.8 Å². The molecule has 0 aliphatic heterocycles. The van der Waals surface area contributed by atoms with Crippen LogP contribution in [0.4, 0.5) is 0 Å². The number of ether oxygens (including phenoxy) is 1. The van der Waals surface area contributed by atoms with Gasteiger partial charge in [-0.25, -0.2) is 0 Å². The molecule has 110 valence electrons. The number of ketones is 1. The van der Waals surface area contributed by atoms with Crippen LogP contribution in [0.1, 0.15) is 56.7 Å². The summed E-state index contributed by atoms with van der Waals surface area (Å²) in [6, 6.07) is 2.53. The normalized spacial score (nSPS) is 15.4. The summed E-state index contributed by atoms with van der Waals surface area (Å²) in [4.78, 5) is 22.6. The number of rotatable bonds is 7. The van der Waals surface area contributed by atoms with E-state index >= 15 is 0 Å². The highest BCUT2D eigenvalue weighted by molar-refractivity contribution is 5.82. The van der Waals surface area contributed by atoms with Gasteiger partial charge in [0.15, 0.2) is 0 Å². The number of carbonyl (C=O) groups is 2. The summed E-state index contributed by atoms with van der Waals surface area (Å²) in [7, 11) is 1.34. The molecular formula is C15H22N2O3. The Morgan fingerprint density at radius 3 is 2.75 bits per heavy atom. The van der Waals surface area contributed by atoms with Crippen molar-refractivity contribution in [2.45, 2.75) is 57.4 Å². The van der Waals surface area contributed by atoms with E-state index in [2.05, 4.69) is 9.84 Å². The van der Waals surface area contributed by atoms with Gasteiger partial charge in [0.1, 0.15) is 5.78 Å². The molecule has 0 radical (unpaired) electrons. The van der Waals surface area contributed by atoms with E-state index < -0.39 is 0 Å². The first kappa shape index (κ1) is 14.8. The van der Waals surface area contributed by atoms with Gasteiger partial charge in [-0.2, -0.15) is 5.10 Å². The molecule has 2 rings (SSSR count). The van der Waals surface area contributed by atoms with Crippen molar-refractivity contribution < 1.29 is 14.3 Å². The number of carbonyl (C=O) groups excluding carboxylic acids is 2. The lowest BCUT2D eigenvalue weighted by molar-refractivity contribution is -0.141. The first-order valence-corrected chi connectivity index (χ1v) is 7.31. The SMILES string of the molecule is COC(=O)CCC(=O)CCc1ccn(C2CCCC2)n1. The van der Waals surface area contributed by atoms with Gasteiger partial charge in [-0.1, -0.05) is 12.8 Å². The molecule has 5 nitrogen and oxygen atoms in total. The van der Waals surface area contributed by atoms with E-state index in [1.165, 1.54) is 32.8 Å². The zero-order valence-corrected chi connectivity index (χ0v) is 12.0. The van der Waals surface area contributed by atoms with Gasteiger partial charge >= 0.3 is 5.97 Å². The van der Waals surface area contributed by atoms with E-state index in [-0.39, 0.29) is 24.6 Å². The molecule has 5 heteroatoms. The minimum Gasteiger partial charge on any atom is -0.469 e. The quantitative estimate of drug-likeness (QED) is 0.719. The molecule has 0 amide bonds. The Balaban J connectivity index is 1.73. The fraction of sp³-hybridized carbons (Fsp3) is 0.667. The summed E-state index contributed by atoms with van der Waals surface area (Å²) < 4.78 is 6.56. The lowest BCUT2D eigenvalue weighted by atomic mass is 10.1. The average Bonchev–Trinajstić information content (AvgIpc) is 3.12. The predicted molar refractivity (Wildman–Crippen MR) is 74.3 cm³/mol. The van der Waals surface area contributed by atoms with Crippen molar-refractivity contribution in [1.29, 1.82) is 0 Å². The highest BCUT2D eigenvalue weighted by Crippen LogP contribution is 2.28. The molecule has 0 bridgehead atoms. The van der Waals surface area contributed by atoms with Crippen molar-refractivity contribution in [3.05, 3.63) is 18.0 Å². The summed E-state index contributed by atoms with van der Waals surface area (Å²) in [6.07, 6.45) is 8.53. The molecular weight excluding hydrogens is 256 g/mol. The Labute approximate surface area is 119 Å². The summed E-state index contributed by atoms with van der Waals surface area (Å²) in [6.45, 7) is 0. The van der Waals surface area contributed by atoms with Crippen molar-refractivity contribution in [1.82, 2.24) is 9.78 Å². The van der Waals surface area contributed by atoms with Crippen LogP contribution in [-0.4, -0.2) is 28.6 Å². The Morgan fingerprint density at radius 2 is 2.05 bits per heavy atom. The topological polar surface area (TPSA) is 61.2 Å². The van der Waals surface area contributed by atoms with Crippen molar-refractivity contribution in [2.75, 3.05) is 7.11 Å². The third-order valence-corrected chi connectivity index (χ3v) is 3.86. The lowest BCUT2D eigenvalue weighted by Crippen LogP contribution is -2.08. The van der Waals surface area contributed by atoms with Crippen molar-refractivity contribution in [3.8, 4) is 0 Å². The average molecular weight is 278 g/mol. The molecule has 0 saturated heterocycles. The van der Waals surface area contributed by atoms with Gasteiger partial charge in [-0.3, -0.25) is 14.3 Å². The second-order valence-electron chi connectivity index (χ2n) is 5.34. The van der Waals surface area contributed by atoms with Gasteiger partial charge < -0.3 is 4.74 Å². The van der Waals surface area contributed by atoms with E-state index in [1.54, 1.807) is 0 Å². The highest BCUT2D eigenvalue weighted by atomic mass is 16.5. The van der Waals surface area contributed by atoms with Gasteiger partial charge in [0, 0.05) is 19.0 Å².